The summed E-state index contributed by atoms with van der Waals surface area (Å²) in [5.74, 6) is -0.887. The molecule has 0 radical (unpaired) electrons. The summed E-state index contributed by atoms with van der Waals surface area (Å²) < 4.78 is 10.4. The molecule has 2 amide bonds. The van der Waals surface area contributed by atoms with Gasteiger partial charge in [0, 0.05) is 12.6 Å². The van der Waals surface area contributed by atoms with Gasteiger partial charge in [-0.25, -0.2) is 4.79 Å². The van der Waals surface area contributed by atoms with E-state index in [-0.39, 0.29) is 11.5 Å². The van der Waals surface area contributed by atoms with Crippen LogP contribution in [0, 0.1) is 6.92 Å². The zero-order valence-electron chi connectivity index (χ0n) is 15.7. The van der Waals surface area contributed by atoms with E-state index in [4.69, 9.17) is 9.47 Å². The van der Waals surface area contributed by atoms with Gasteiger partial charge in [-0.15, -0.1) is 0 Å². The third-order valence-electron chi connectivity index (χ3n) is 3.68. The van der Waals surface area contributed by atoms with Gasteiger partial charge in [0.25, 0.3) is 5.91 Å². The number of benzene rings is 2. The highest BCUT2D eigenvalue weighted by Gasteiger charge is 2.20. The van der Waals surface area contributed by atoms with Crippen LogP contribution in [-0.4, -0.2) is 31.0 Å². The molecule has 0 spiro atoms. The Morgan fingerprint density at radius 3 is 2.44 bits per heavy atom. The average molecular weight is 370 g/mol. The summed E-state index contributed by atoms with van der Waals surface area (Å²) in [5, 5.41) is 5.29. The van der Waals surface area contributed by atoms with Gasteiger partial charge in [0.05, 0.1) is 18.4 Å². The summed E-state index contributed by atoms with van der Waals surface area (Å²) >= 11 is 0. The number of carbonyl (C=O) groups is 3. The van der Waals surface area contributed by atoms with Crippen LogP contribution in [0.5, 0.6) is 5.75 Å². The van der Waals surface area contributed by atoms with Crippen LogP contribution in [0.2, 0.25) is 0 Å². The summed E-state index contributed by atoms with van der Waals surface area (Å²) in [4.78, 5) is 35.8. The van der Waals surface area contributed by atoms with Gasteiger partial charge in [0.2, 0.25) is 5.91 Å². The molecule has 0 fully saturated rings. The molecule has 142 valence electrons. The molecule has 2 aromatic carbocycles. The summed E-state index contributed by atoms with van der Waals surface area (Å²) in [7, 11) is 1.51. The van der Waals surface area contributed by atoms with Gasteiger partial charge in [-0.1, -0.05) is 12.1 Å². The van der Waals surface area contributed by atoms with Crippen LogP contribution in [0.1, 0.15) is 29.8 Å². The second-order valence-electron chi connectivity index (χ2n) is 6.00. The van der Waals surface area contributed by atoms with Crippen LogP contribution in [0.3, 0.4) is 0 Å². The fourth-order valence-corrected chi connectivity index (χ4v) is 2.36. The summed E-state index contributed by atoms with van der Waals surface area (Å²) in [6.45, 7) is 4.74. The fraction of sp³-hybridized carbons (Fsp3) is 0.250. The number of amides is 2. The lowest BCUT2D eigenvalue weighted by atomic mass is 10.2. The SMILES string of the molecule is COc1ccc(C)cc1NC(=O)[C@@H](C)OC(=O)c1cccc(NC(C)=O)c1. The maximum atomic E-state index is 12.4. The molecule has 2 N–H and O–H groups in total. The Balaban J connectivity index is 2.05. The minimum absolute atomic E-state index is 0.231. The molecule has 0 saturated carbocycles. The van der Waals surface area contributed by atoms with Crippen molar-refractivity contribution >= 4 is 29.2 Å². The number of esters is 1. The maximum absolute atomic E-state index is 12.4. The molecular formula is C20H22N2O5. The van der Waals surface area contributed by atoms with Gasteiger partial charge in [0.1, 0.15) is 5.75 Å². The van der Waals surface area contributed by atoms with Gasteiger partial charge in [-0.3, -0.25) is 9.59 Å². The van der Waals surface area contributed by atoms with Crippen molar-refractivity contribution in [2.45, 2.75) is 26.9 Å². The number of methoxy groups -OCH3 is 1. The van der Waals surface area contributed by atoms with Gasteiger partial charge in [0.15, 0.2) is 6.10 Å². The molecule has 0 saturated heterocycles. The van der Waals surface area contributed by atoms with E-state index in [1.54, 1.807) is 30.3 Å². The first-order valence-electron chi connectivity index (χ1n) is 8.34. The molecule has 0 aliphatic rings. The van der Waals surface area contributed by atoms with E-state index in [0.717, 1.165) is 5.56 Å². The van der Waals surface area contributed by atoms with E-state index < -0.39 is 18.0 Å². The molecule has 7 heteroatoms. The Kier molecular flexibility index (Phi) is 6.54. The van der Waals surface area contributed by atoms with Crippen molar-refractivity contribution in [3.8, 4) is 5.75 Å². The second-order valence-corrected chi connectivity index (χ2v) is 6.00. The largest absolute Gasteiger partial charge is 0.495 e. The molecule has 1 atom stereocenters. The molecule has 2 aromatic rings. The van der Waals surface area contributed by atoms with Crippen molar-refractivity contribution in [2.24, 2.45) is 0 Å². The van der Waals surface area contributed by atoms with Crippen molar-refractivity contribution in [3.05, 3.63) is 53.6 Å². The van der Waals surface area contributed by atoms with Crippen molar-refractivity contribution in [1.82, 2.24) is 0 Å². The van der Waals surface area contributed by atoms with Crippen LogP contribution < -0.4 is 15.4 Å². The highest BCUT2D eigenvalue weighted by atomic mass is 16.5. The van der Waals surface area contributed by atoms with Crippen molar-refractivity contribution in [3.63, 3.8) is 0 Å². The zero-order chi connectivity index (χ0) is 20.0. The molecule has 7 nitrogen and oxygen atoms in total. The van der Waals surface area contributed by atoms with Gasteiger partial charge < -0.3 is 20.1 Å². The van der Waals surface area contributed by atoms with Crippen LogP contribution in [-0.2, 0) is 14.3 Å². The first kappa shape index (κ1) is 20.0. The van der Waals surface area contributed by atoms with Crippen molar-refractivity contribution in [2.75, 3.05) is 17.7 Å². The summed E-state index contributed by atoms with van der Waals surface area (Å²) in [5.41, 5.74) is 2.15. The Morgan fingerprint density at radius 2 is 1.78 bits per heavy atom. The predicted molar refractivity (Wildman–Crippen MR) is 102 cm³/mol. The normalized spacial score (nSPS) is 11.3. The smallest absolute Gasteiger partial charge is 0.338 e. The van der Waals surface area contributed by atoms with E-state index >= 15 is 0 Å². The van der Waals surface area contributed by atoms with E-state index in [2.05, 4.69) is 10.6 Å². The first-order chi connectivity index (χ1) is 12.8. The van der Waals surface area contributed by atoms with Crippen LogP contribution >= 0.6 is 0 Å². The van der Waals surface area contributed by atoms with Gasteiger partial charge in [-0.05, 0) is 49.7 Å². The number of hydrogen-bond acceptors (Lipinski definition) is 5. The van der Waals surface area contributed by atoms with Gasteiger partial charge >= 0.3 is 5.97 Å². The van der Waals surface area contributed by atoms with Crippen LogP contribution in [0.4, 0.5) is 11.4 Å². The number of nitrogens with one attached hydrogen (secondary N) is 2. The van der Waals surface area contributed by atoms with Crippen LogP contribution in [0.15, 0.2) is 42.5 Å². The topological polar surface area (TPSA) is 93.7 Å². The zero-order valence-corrected chi connectivity index (χ0v) is 15.7. The number of rotatable bonds is 6. The molecule has 0 heterocycles. The minimum atomic E-state index is -1.02. The van der Waals surface area contributed by atoms with E-state index in [1.165, 1.54) is 27.0 Å². The van der Waals surface area contributed by atoms with Crippen LogP contribution in [0.25, 0.3) is 0 Å². The molecule has 0 unspecified atom stereocenters. The predicted octanol–water partition coefficient (Wildman–Crippen LogP) is 3.15. The minimum Gasteiger partial charge on any atom is -0.495 e. The van der Waals surface area contributed by atoms with E-state index in [1.807, 2.05) is 13.0 Å². The molecule has 0 bridgehead atoms. The lowest BCUT2D eigenvalue weighted by Crippen LogP contribution is -2.30. The Hall–Kier alpha value is -3.35. The Morgan fingerprint density at radius 1 is 1.04 bits per heavy atom. The Labute approximate surface area is 157 Å². The number of ether oxygens (including phenoxy) is 2. The molecule has 27 heavy (non-hydrogen) atoms. The maximum Gasteiger partial charge on any atom is 0.338 e. The third-order valence-corrected chi connectivity index (χ3v) is 3.68. The summed E-state index contributed by atoms with van der Waals surface area (Å²) in [6.07, 6.45) is -1.02. The quantitative estimate of drug-likeness (QED) is 0.762. The molecule has 2 rings (SSSR count). The average Bonchev–Trinajstić information content (AvgIpc) is 2.61. The molecule has 0 aliphatic heterocycles. The highest BCUT2D eigenvalue weighted by molar-refractivity contribution is 5.99. The molecule has 0 aromatic heterocycles. The number of carbonyl (C=O) groups excluding carboxylic acids is 3. The first-order valence-corrected chi connectivity index (χ1v) is 8.34. The Bertz CT molecular complexity index is 863. The van der Waals surface area contributed by atoms with Crippen molar-refractivity contribution in [1.29, 1.82) is 0 Å². The monoisotopic (exact) mass is 370 g/mol. The number of anilines is 2. The van der Waals surface area contributed by atoms with Gasteiger partial charge in [-0.2, -0.15) is 0 Å². The molecule has 0 aliphatic carbocycles. The second kappa shape index (κ2) is 8.84. The standard InChI is InChI=1S/C20H22N2O5/c1-12-8-9-18(26-4)17(10-12)22-19(24)13(2)27-20(25)15-6-5-7-16(11-15)21-14(3)23/h5-11,13H,1-4H3,(H,21,23)(H,22,24)/t13-/m1/s1. The third kappa shape index (κ3) is 5.57. The lowest BCUT2D eigenvalue weighted by Gasteiger charge is -2.16. The highest BCUT2D eigenvalue weighted by Crippen LogP contribution is 2.25. The summed E-state index contributed by atoms with van der Waals surface area (Å²) in [6, 6.07) is 11.7. The lowest BCUT2D eigenvalue weighted by molar-refractivity contribution is -0.123. The van der Waals surface area contributed by atoms with E-state index in [9.17, 15) is 14.4 Å². The van der Waals surface area contributed by atoms with E-state index in [0.29, 0.717) is 17.1 Å². The fourth-order valence-electron chi connectivity index (χ4n) is 2.36. The number of hydrogen-bond donors (Lipinski definition) is 2. The van der Waals surface area contributed by atoms with Crippen molar-refractivity contribution < 1.29 is 23.9 Å². The molecular weight excluding hydrogens is 348 g/mol. The number of aryl methyl sites for hydroxylation is 1.